The number of fused-ring (bicyclic) bond motifs is 1. The molecule has 1 fully saturated rings. The normalized spacial score (nSPS) is 18.8. The predicted octanol–water partition coefficient (Wildman–Crippen LogP) is -0.195. The lowest BCUT2D eigenvalue weighted by atomic mass is 10.3. The van der Waals surface area contributed by atoms with E-state index in [1.54, 1.807) is 4.57 Å². The summed E-state index contributed by atoms with van der Waals surface area (Å²) in [6, 6.07) is -0.162. The van der Waals surface area contributed by atoms with Crippen LogP contribution >= 0.6 is 0 Å². The summed E-state index contributed by atoms with van der Waals surface area (Å²) >= 11 is 0. The minimum atomic E-state index is -3.76. The molecule has 1 aliphatic heterocycles. The maximum Gasteiger partial charge on any atom is 0.246 e. The van der Waals surface area contributed by atoms with Crippen LogP contribution in [0.3, 0.4) is 0 Å². The van der Waals surface area contributed by atoms with Gasteiger partial charge in [0.25, 0.3) is 0 Å². The van der Waals surface area contributed by atoms with Gasteiger partial charge in [0.05, 0.1) is 11.7 Å². The Morgan fingerprint density at radius 2 is 2.15 bits per heavy atom. The number of rotatable bonds is 4. The van der Waals surface area contributed by atoms with Crippen molar-refractivity contribution in [3.63, 3.8) is 0 Å². The first-order valence-electron chi connectivity index (χ1n) is 8.11. The van der Waals surface area contributed by atoms with E-state index in [2.05, 4.69) is 24.9 Å². The number of anilines is 1. The molecule has 0 saturated carbocycles. The fraction of sp³-hybridized carbons (Fsp3) is 0.429. The van der Waals surface area contributed by atoms with Crippen LogP contribution in [0.4, 0.5) is 5.82 Å². The van der Waals surface area contributed by atoms with Crippen LogP contribution in [0, 0.1) is 0 Å². The van der Waals surface area contributed by atoms with Gasteiger partial charge in [-0.1, -0.05) is 0 Å². The lowest BCUT2D eigenvalue weighted by molar-refractivity contribution is 0.310. The van der Waals surface area contributed by atoms with E-state index in [0.717, 1.165) is 0 Å². The molecule has 1 atom stereocenters. The van der Waals surface area contributed by atoms with Gasteiger partial charge in [0.1, 0.15) is 10.4 Å². The molecular formula is C14H18N8O3S. The average molecular weight is 378 g/mol. The van der Waals surface area contributed by atoms with Crippen LogP contribution in [0.15, 0.2) is 21.9 Å². The highest BCUT2D eigenvalue weighted by Crippen LogP contribution is 2.31. The Labute approximate surface area is 149 Å². The molecule has 26 heavy (non-hydrogen) atoms. The third kappa shape index (κ3) is 2.45. The zero-order valence-corrected chi connectivity index (χ0v) is 14.8. The highest BCUT2D eigenvalue weighted by molar-refractivity contribution is 7.89. The van der Waals surface area contributed by atoms with Crippen molar-refractivity contribution in [2.75, 3.05) is 18.8 Å². The first kappa shape index (κ1) is 16.9. The largest absolute Gasteiger partial charge is 0.379 e. The predicted molar refractivity (Wildman–Crippen MR) is 92.3 cm³/mol. The molecule has 4 rings (SSSR count). The number of aromatic nitrogens is 5. The summed E-state index contributed by atoms with van der Waals surface area (Å²) in [5, 5.41) is 7.34. The topological polar surface area (TPSA) is 159 Å². The van der Waals surface area contributed by atoms with Crippen molar-refractivity contribution < 1.29 is 13.0 Å². The quantitative estimate of drug-likeness (QED) is 0.627. The molecule has 1 saturated heterocycles. The van der Waals surface area contributed by atoms with Crippen LogP contribution in [0.5, 0.6) is 0 Å². The van der Waals surface area contributed by atoms with Crippen molar-refractivity contribution >= 4 is 26.9 Å². The minimum absolute atomic E-state index is 0.0814. The number of imidazole rings is 1. The summed E-state index contributed by atoms with van der Waals surface area (Å²) in [6.07, 6.45) is 3.47. The molecular weight excluding hydrogens is 360 g/mol. The smallest absolute Gasteiger partial charge is 0.246 e. The van der Waals surface area contributed by atoms with E-state index in [1.807, 2.05) is 6.92 Å². The second-order valence-corrected chi connectivity index (χ2v) is 8.00. The van der Waals surface area contributed by atoms with E-state index in [9.17, 15) is 8.42 Å². The van der Waals surface area contributed by atoms with Crippen molar-refractivity contribution in [1.82, 2.24) is 29.2 Å². The first-order chi connectivity index (χ1) is 12.4. The monoisotopic (exact) mass is 378 g/mol. The maximum absolute atomic E-state index is 13.1. The summed E-state index contributed by atoms with van der Waals surface area (Å²) in [7, 11) is -3.76. The zero-order valence-electron chi connectivity index (χ0n) is 14.0. The molecule has 0 aromatic carbocycles. The van der Waals surface area contributed by atoms with E-state index in [0.29, 0.717) is 36.4 Å². The second kappa shape index (κ2) is 6.00. The first-order valence-corrected chi connectivity index (χ1v) is 9.55. The van der Waals surface area contributed by atoms with E-state index < -0.39 is 10.0 Å². The number of nitrogen functional groups attached to an aromatic ring is 1. The van der Waals surface area contributed by atoms with Crippen molar-refractivity contribution in [3.05, 3.63) is 12.4 Å². The minimum Gasteiger partial charge on any atom is -0.379 e. The SMILES string of the molecule is CCn1c(-c2nonc2N)nc2cncc(S(=O)(=O)N3CCC(N)C3)c21. The van der Waals surface area contributed by atoms with Crippen molar-refractivity contribution in [2.45, 2.75) is 30.8 Å². The molecule has 138 valence electrons. The summed E-state index contributed by atoms with van der Waals surface area (Å²) in [5.41, 5.74) is 12.8. The molecule has 3 aromatic rings. The molecule has 0 aliphatic carbocycles. The third-order valence-electron chi connectivity index (χ3n) is 4.46. The standard InChI is InChI=1S/C14H18N8O3S/c1-2-22-12-9(18-14(22)11-13(16)20-25-19-11)5-17-6-10(12)26(23,24)21-4-3-8(15)7-21/h5-6,8H,2-4,7,15H2,1H3,(H2,16,20). The number of nitrogens with zero attached hydrogens (tertiary/aromatic N) is 6. The van der Waals surface area contributed by atoms with Gasteiger partial charge in [-0.3, -0.25) is 4.98 Å². The van der Waals surface area contributed by atoms with Gasteiger partial charge in [-0.25, -0.2) is 18.0 Å². The molecule has 1 unspecified atom stereocenters. The van der Waals surface area contributed by atoms with Gasteiger partial charge in [0, 0.05) is 31.9 Å². The molecule has 1 aliphatic rings. The van der Waals surface area contributed by atoms with Crippen LogP contribution < -0.4 is 11.5 Å². The highest BCUT2D eigenvalue weighted by Gasteiger charge is 2.34. The molecule has 11 nitrogen and oxygen atoms in total. The Hall–Kier alpha value is -2.57. The van der Waals surface area contributed by atoms with Crippen LogP contribution in [-0.4, -0.2) is 56.7 Å². The lowest BCUT2D eigenvalue weighted by Crippen LogP contribution is -2.32. The lowest BCUT2D eigenvalue weighted by Gasteiger charge is -2.17. The molecule has 4 N–H and O–H groups in total. The summed E-state index contributed by atoms with van der Waals surface area (Å²) in [5.74, 6) is 0.460. The molecule has 4 heterocycles. The van der Waals surface area contributed by atoms with E-state index >= 15 is 0 Å². The molecule has 3 aromatic heterocycles. The fourth-order valence-corrected chi connectivity index (χ4v) is 4.86. The average Bonchev–Trinajstić information content (AvgIpc) is 3.31. The molecule has 0 spiro atoms. The van der Waals surface area contributed by atoms with Crippen molar-refractivity contribution in [2.24, 2.45) is 5.73 Å². The van der Waals surface area contributed by atoms with Gasteiger partial charge in [0.15, 0.2) is 17.3 Å². The molecule has 0 radical (unpaired) electrons. The van der Waals surface area contributed by atoms with E-state index in [4.69, 9.17) is 11.5 Å². The second-order valence-electron chi connectivity index (χ2n) is 6.09. The highest BCUT2D eigenvalue weighted by atomic mass is 32.2. The number of nitrogens with two attached hydrogens (primary N) is 2. The third-order valence-corrected chi connectivity index (χ3v) is 6.33. The number of aryl methyl sites for hydroxylation is 1. The Morgan fingerprint density at radius 3 is 2.77 bits per heavy atom. The van der Waals surface area contributed by atoms with Crippen LogP contribution in [0.2, 0.25) is 0 Å². The number of hydrogen-bond donors (Lipinski definition) is 2. The molecule has 12 heteroatoms. The Morgan fingerprint density at radius 1 is 1.35 bits per heavy atom. The van der Waals surface area contributed by atoms with Gasteiger partial charge in [-0.2, -0.15) is 4.31 Å². The number of sulfonamides is 1. The van der Waals surface area contributed by atoms with Crippen LogP contribution in [0.25, 0.3) is 22.6 Å². The Balaban J connectivity index is 1.95. The maximum atomic E-state index is 13.1. The summed E-state index contributed by atoms with van der Waals surface area (Å²) in [4.78, 5) is 8.59. The van der Waals surface area contributed by atoms with Gasteiger partial charge >= 0.3 is 0 Å². The van der Waals surface area contributed by atoms with Crippen molar-refractivity contribution in [3.8, 4) is 11.5 Å². The Bertz CT molecular complexity index is 1070. The fourth-order valence-electron chi connectivity index (χ4n) is 3.20. The van der Waals surface area contributed by atoms with Crippen molar-refractivity contribution in [1.29, 1.82) is 0 Å². The zero-order chi connectivity index (χ0) is 18.5. The van der Waals surface area contributed by atoms with Crippen LogP contribution in [0.1, 0.15) is 13.3 Å². The van der Waals surface area contributed by atoms with Gasteiger partial charge < -0.3 is 16.0 Å². The van der Waals surface area contributed by atoms with Gasteiger partial charge in [0.2, 0.25) is 10.0 Å². The van der Waals surface area contributed by atoms with E-state index in [1.165, 1.54) is 16.7 Å². The summed E-state index contributed by atoms with van der Waals surface area (Å²) in [6.45, 7) is 2.99. The number of hydrogen-bond acceptors (Lipinski definition) is 9. The molecule has 0 bridgehead atoms. The van der Waals surface area contributed by atoms with Crippen LogP contribution in [-0.2, 0) is 16.6 Å². The summed E-state index contributed by atoms with van der Waals surface area (Å²) < 4.78 is 34.0. The number of pyridine rings is 1. The van der Waals surface area contributed by atoms with Gasteiger partial charge in [-0.05, 0) is 23.7 Å². The van der Waals surface area contributed by atoms with E-state index in [-0.39, 0.29) is 29.0 Å². The molecule has 0 amide bonds. The Kier molecular flexibility index (Phi) is 3.89. The van der Waals surface area contributed by atoms with Gasteiger partial charge in [-0.15, -0.1) is 0 Å².